The van der Waals surface area contributed by atoms with Crippen LogP contribution in [0.5, 0.6) is 0 Å². The summed E-state index contributed by atoms with van der Waals surface area (Å²) in [5.74, 6) is 0.623. The second kappa shape index (κ2) is 5.60. The Kier molecular flexibility index (Phi) is 4.41. The zero-order valence-electron chi connectivity index (χ0n) is 10.4. The van der Waals surface area contributed by atoms with Crippen LogP contribution in [-0.2, 0) is 0 Å². The number of hydrogen-bond donors (Lipinski definition) is 2. The summed E-state index contributed by atoms with van der Waals surface area (Å²) in [6, 6.07) is 2.03. The van der Waals surface area contributed by atoms with Crippen LogP contribution in [-0.4, -0.2) is 27.7 Å². The third-order valence-corrected chi connectivity index (χ3v) is 2.55. The van der Waals surface area contributed by atoms with Gasteiger partial charge in [-0.25, -0.2) is 9.97 Å². The third-order valence-electron chi connectivity index (χ3n) is 2.55. The molecule has 1 heterocycles. The maximum atomic E-state index is 9.04. The lowest BCUT2D eigenvalue weighted by Gasteiger charge is -2.31. The van der Waals surface area contributed by atoms with Crippen LogP contribution in [0.25, 0.3) is 0 Å². The molecule has 1 atom stereocenters. The van der Waals surface area contributed by atoms with E-state index in [0.29, 0.717) is 17.9 Å². The van der Waals surface area contributed by atoms with Crippen molar-refractivity contribution in [2.75, 3.05) is 11.9 Å². The van der Waals surface area contributed by atoms with Crippen LogP contribution in [0.1, 0.15) is 32.9 Å². The molecule has 0 saturated heterocycles. The van der Waals surface area contributed by atoms with Crippen molar-refractivity contribution >= 4 is 5.82 Å². The summed E-state index contributed by atoms with van der Waals surface area (Å²) in [6.45, 7) is 6.41. The van der Waals surface area contributed by atoms with Gasteiger partial charge in [0, 0.05) is 12.6 Å². The first-order chi connectivity index (χ1) is 7.97. The van der Waals surface area contributed by atoms with E-state index >= 15 is 0 Å². The highest BCUT2D eigenvalue weighted by atomic mass is 16.3. The van der Waals surface area contributed by atoms with Gasteiger partial charge in [0.1, 0.15) is 11.9 Å². The number of aliphatic hydroxyl groups excluding tert-OH is 1. The number of aromatic nitrogens is 2. The van der Waals surface area contributed by atoms with E-state index in [9.17, 15) is 0 Å². The Morgan fingerprint density at radius 3 is 2.53 bits per heavy atom. The van der Waals surface area contributed by atoms with E-state index in [4.69, 9.17) is 10.4 Å². The fourth-order valence-corrected chi connectivity index (χ4v) is 1.49. The van der Waals surface area contributed by atoms with E-state index in [2.05, 4.69) is 36.1 Å². The molecule has 0 aliphatic rings. The number of anilines is 1. The molecule has 5 heteroatoms. The van der Waals surface area contributed by atoms with E-state index in [-0.39, 0.29) is 18.1 Å². The summed E-state index contributed by atoms with van der Waals surface area (Å²) in [6.07, 6.45) is 3.61. The lowest BCUT2D eigenvalue weighted by atomic mass is 9.85. The minimum absolute atomic E-state index is 0.0122. The lowest BCUT2D eigenvalue weighted by Crippen LogP contribution is -2.35. The minimum atomic E-state index is 0.0122. The van der Waals surface area contributed by atoms with Crippen molar-refractivity contribution in [1.82, 2.24) is 9.97 Å². The van der Waals surface area contributed by atoms with Crippen LogP contribution in [0, 0.1) is 16.7 Å². The topological polar surface area (TPSA) is 81.8 Å². The number of nitrogens with one attached hydrogen (secondary N) is 1. The summed E-state index contributed by atoms with van der Waals surface area (Å²) >= 11 is 0. The summed E-state index contributed by atoms with van der Waals surface area (Å²) in [5, 5.41) is 20.9. The number of nitriles is 1. The molecular weight excluding hydrogens is 216 g/mol. The Balaban J connectivity index is 2.76. The molecular formula is C12H18N4O. The third kappa shape index (κ3) is 4.00. The molecule has 0 bridgehead atoms. The van der Waals surface area contributed by atoms with Gasteiger partial charge < -0.3 is 10.4 Å². The van der Waals surface area contributed by atoms with Gasteiger partial charge in [0.2, 0.25) is 0 Å². The van der Waals surface area contributed by atoms with Crippen molar-refractivity contribution in [1.29, 1.82) is 5.26 Å². The molecule has 1 aromatic rings. The molecule has 2 N–H and O–H groups in total. The average molecular weight is 234 g/mol. The zero-order chi connectivity index (χ0) is 12.9. The summed E-state index contributed by atoms with van der Waals surface area (Å²) in [7, 11) is 0. The standard InChI is InChI=1S/C12H18N4O/c1-12(2,3)10(4-5-17)16-11-8-14-9(6-13)7-15-11/h7-8,10,17H,4-5H2,1-3H3,(H,15,16). The molecule has 0 saturated carbocycles. The van der Waals surface area contributed by atoms with Gasteiger partial charge >= 0.3 is 0 Å². The highest BCUT2D eigenvalue weighted by Crippen LogP contribution is 2.24. The van der Waals surface area contributed by atoms with Crippen LogP contribution in [0.3, 0.4) is 0 Å². The maximum absolute atomic E-state index is 9.04. The molecule has 1 unspecified atom stereocenters. The van der Waals surface area contributed by atoms with E-state index in [0.717, 1.165) is 0 Å². The quantitative estimate of drug-likeness (QED) is 0.826. The average Bonchev–Trinajstić information content (AvgIpc) is 2.28. The van der Waals surface area contributed by atoms with Gasteiger partial charge in [-0.2, -0.15) is 5.26 Å². The molecule has 5 nitrogen and oxygen atoms in total. The Bertz CT molecular complexity index is 388. The Morgan fingerprint density at radius 1 is 1.41 bits per heavy atom. The molecule has 0 aliphatic heterocycles. The Labute approximate surface area is 102 Å². The highest BCUT2D eigenvalue weighted by molar-refractivity contribution is 5.34. The smallest absolute Gasteiger partial charge is 0.158 e. The predicted molar refractivity (Wildman–Crippen MR) is 65.3 cm³/mol. The number of hydrogen-bond acceptors (Lipinski definition) is 5. The van der Waals surface area contributed by atoms with Gasteiger partial charge in [-0.05, 0) is 11.8 Å². The summed E-state index contributed by atoms with van der Waals surface area (Å²) < 4.78 is 0. The van der Waals surface area contributed by atoms with Crippen molar-refractivity contribution in [3.63, 3.8) is 0 Å². The molecule has 0 aromatic carbocycles. The van der Waals surface area contributed by atoms with E-state index < -0.39 is 0 Å². The molecule has 0 amide bonds. The molecule has 1 rings (SSSR count). The molecule has 0 radical (unpaired) electrons. The van der Waals surface area contributed by atoms with Gasteiger partial charge in [-0.3, -0.25) is 0 Å². The largest absolute Gasteiger partial charge is 0.396 e. The van der Waals surface area contributed by atoms with Crippen LogP contribution >= 0.6 is 0 Å². The molecule has 1 aromatic heterocycles. The first-order valence-electron chi connectivity index (χ1n) is 5.57. The Hall–Kier alpha value is -1.67. The van der Waals surface area contributed by atoms with Crippen molar-refractivity contribution in [2.45, 2.75) is 33.2 Å². The van der Waals surface area contributed by atoms with Gasteiger partial charge in [0.05, 0.1) is 12.4 Å². The van der Waals surface area contributed by atoms with Crippen molar-refractivity contribution < 1.29 is 5.11 Å². The molecule has 17 heavy (non-hydrogen) atoms. The normalized spacial score (nSPS) is 12.9. The van der Waals surface area contributed by atoms with E-state index in [1.807, 2.05) is 6.07 Å². The fraction of sp³-hybridized carbons (Fsp3) is 0.583. The lowest BCUT2D eigenvalue weighted by molar-refractivity contribution is 0.235. The molecule has 0 aliphatic carbocycles. The summed E-state index contributed by atoms with van der Waals surface area (Å²) in [4.78, 5) is 8.05. The second-order valence-electron chi connectivity index (χ2n) is 4.97. The van der Waals surface area contributed by atoms with Crippen LogP contribution in [0.4, 0.5) is 5.82 Å². The van der Waals surface area contributed by atoms with Crippen molar-refractivity contribution in [2.24, 2.45) is 5.41 Å². The van der Waals surface area contributed by atoms with Crippen molar-refractivity contribution in [3.8, 4) is 6.07 Å². The van der Waals surface area contributed by atoms with Gasteiger partial charge in [-0.15, -0.1) is 0 Å². The maximum Gasteiger partial charge on any atom is 0.158 e. The zero-order valence-corrected chi connectivity index (χ0v) is 10.4. The van der Waals surface area contributed by atoms with Crippen LogP contribution in [0.2, 0.25) is 0 Å². The number of rotatable bonds is 4. The molecule has 92 valence electrons. The van der Waals surface area contributed by atoms with Crippen LogP contribution in [0.15, 0.2) is 12.4 Å². The first-order valence-corrected chi connectivity index (χ1v) is 5.57. The molecule has 0 spiro atoms. The van der Waals surface area contributed by atoms with E-state index in [1.54, 1.807) is 0 Å². The fourth-order valence-electron chi connectivity index (χ4n) is 1.49. The summed E-state index contributed by atoms with van der Waals surface area (Å²) in [5.41, 5.74) is 0.309. The highest BCUT2D eigenvalue weighted by Gasteiger charge is 2.24. The van der Waals surface area contributed by atoms with Crippen molar-refractivity contribution in [3.05, 3.63) is 18.1 Å². The molecule has 0 fully saturated rings. The monoisotopic (exact) mass is 234 g/mol. The first kappa shape index (κ1) is 13.4. The minimum Gasteiger partial charge on any atom is -0.396 e. The number of aliphatic hydroxyl groups is 1. The predicted octanol–water partition coefficient (Wildman–Crippen LogP) is 1.56. The van der Waals surface area contributed by atoms with Gasteiger partial charge in [0.25, 0.3) is 0 Å². The van der Waals surface area contributed by atoms with Crippen LogP contribution < -0.4 is 5.32 Å². The second-order valence-corrected chi connectivity index (χ2v) is 4.97. The van der Waals surface area contributed by atoms with E-state index in [1.165, 1.54) is 12.4 Å². The SMILES string of the molecule is CC(C)(C)C(CCO)Nc1cnc(C#N)cn1. The van der Waals surface area contributed by atoms with Gasteiger partial charge in [-0.1, -0.05) is 20.8 Å². The Morgan fingerprint density at radius 2 is 2.12 bits per heavy atom. The van der Waals surface area contributed by atoms with Gasteiger partial charge in [0.15, 0.2) is 5.69 Å². The number of nitrogens with zero attached hydrogens (tertiary/aromatic N) is 3.